The van der Waals surface area contributed by atoms with Crippen LogP contribution in [0.4, 0.5) is 11.4 Å². The van der Waals surface area contributed by atoms with Crippen LogP contribution in [0.5, 0.6) is 0 Å². The highest BCUT2D eigenvalue weighted by Gasteiger charge is 2.25. The van der Waals surface area contributed by atoms with Crippen LogP contribution in [0.25, 0.3) is 0 Å². The molecular formula is C23H26N2O2. The van der Waals surface area contributed by atoms with E-state index in [1.165, 1.54) is 12.0 Å². The maximum absolute atomic E-state index is 13.0. The van der Waals surface area contributed by atoms with Crippen molar-refractivity contribution in [3.05, 3.63) is 59.7 Å². The predicted octanol–water partition coefficient (Wildman–Crippen LogP) is 4.80. The molecule has 1 aliphatic carbocycles. The van der Waals surface area contributed by atoms with E-state index in [-0.39, 0.29) is 17.7 Å². The Balaban J connectivity index is 1.55. The van der Waals surface area contributed by atoms with Gasteiger partial charge >= 0.3 is 0 Å². The molecule has 4 rings (SSSR count). The second-order valence-corrected chi connectivity index (χ2v) is 7.59. The average Bonchev–Trinajstić information content (AvgIpc) is 2.74. The van der Waals surface area contributed by atoms with E-state index in [4.69, 9.17) is 0 Å². The molecule has 2 aromatic carbocycles. The Kier molecular flexibility index (Phi) is 5.23. The van der Waals surface area contributed by atoms with E-state index in [1.54, 1.807) is 0 Å². The zero-order valence-electron chi connectivity index (χ0n) is 15.6. The normalized spacial score (nSPS) is 17.3. The molecule has 4 nitrogen and oxygen atoms in total. The minimum absolute atomic E-state index is 0.0207. The van der Waals surface area contributed by atoms with Crippen LogP contribution in [0.3, 0.4) is 0 Å². The third kappa shape index (κ3) is 3.90. The molecule has 1 fully saturated rings. The molecule has 0 spiro atoms. The molecule has 2 aromatic rings. The number of hydrogen-bond acceptors (Lipinski definition) is 2. The second-order valence-electron chi connectivity index (χ2n) is 7.59. The van der Waals surface area contributed by atoms with Gasteiger partial charge in [0.05, 0.1) is 0 Å². The lowest BCUT2D eigenvalue weighted by Gasteiger charge is -2.30. The number of anilines is 2. The summed E-state index contributed by atoms with van der Waals surface area (Å²) in [5.74, 6) is 0.260. The maximum atomic E-state index is 13.0. The van der Waals surface area contributed by atoms with Gasteiger partial charge in [-0.3, -0.25) is 9.59 Å². The summed E-state index contributed by atoms with van der Waals surface area (Å²) in [5.41, 5.74) is 3.58. The van der Waals surface area contributed by atoms with Gasteiger partial charge in [-0.1, -0.05) is 43.5 Å². The minimum Gasteiger partial charge on any atom is -0.326 e. The van der Waals surface area contributed by atoms with Crippen molar-refractivity contribution in [3.8, 4) is 0 Å². The van der Waals surface area contributed by atoms with Crippen LogP contribution in [0.2, 0.25) is 0 Å². The zero-order valence-corrected chi connectivity index (χ0v) is 15.6. The van der Waals surface area contributed by atoms with Crippen LogP contribution in [0, 0.1) is 5.92 Å². The van der Waals surface area contributed by atoms with Gasteiger partial charge in [-0.15, -0.1) is 0 Å². The number of nitrogens with zero attached hydrogens (tertiary/aromatic N) is 1. The first kappa shape index (κ1) is 17.8. The summed E-state index contributed by atoms with van der Waals surface area (Å²) in [4.78, 5) is 27.4. The van der Waals surface area contributed by atoms with Crippen molar-refractivity contribution in [2.75, 3.05) is 16.8 Å². The lowest BCUT2D eigenvalue weighted by atomic mass is 9.88. The van der Waals surface area contributed by atoms with Crippen LogP contribution in [-0.2, 0) is 11.2 Å². The molecule has 1 heterocycles. The molecule has 27 heavy (non-hydrogen) atoms. The molecule has 0 aromatic heterocycles. The van der Waals surface area contributed by atoms with Crippen molar-refractivity contribution < 1.29 is 9.59 Å². The van der Waals surface area contributed by atoms with E-state index < -0.39 is 0 Å². The molecule has 0 saturated heterocycles. The largest absolute Gasteiger partial charge is 0.326 e. The molecule has 1 N–H and O–H groups in total. The van der Waals surface area contributed by atoms with Crippen LogP contribution < -0.4 is 10.2 Å². The van der Waals surface area contributed by atoms with E-state index in [0.29, 0.717) is 12.1 Å². The van der Waals surface area contributed by atoms with Gasteiger partial charge in [0.25, 0.3) is 5.91 Å². The number of benzene rings is 2. The average molecular weight is 362 g/mol. The standard InChI is InChI=1S/C23H26N2O2/c26-22(18-8-3-1-4-9-18)24-20-14-13-17-12-7-15-25(21(17)16-20)23(27)19-10-5-2-6-11-19/h2,5-6,10-11,13-14,16,18H,1,3-4,7-9,12,15H2,(H,24,26). The van der Waals surface area contributed by atoms with Gasteiger partial charge in [-0.2, -0.15) is 0 Å². The molecule has 4 heteroatoms. The minimum atomic E-state index is 0.0207. The van der Waals surface area contributed by atoms with Crippen LogP contribution in [0.15, 0.2) is 48.5 Å². The highest BCUT2D eigenvalue weighted by molar-refractivity contribution is 6.07. The Hall–Kier alpha value is -2.62. The fourth-order valence-corrected chi connectivity index (χ4v) is 4.21. The van der Waals surface area contributed by atoms with Gasteiger partial charge < -0.3 is 10.2 Å². The number of amides is 2. The summed E-state index contributed by atoms with van der Waals surface area (Å²) in [5, 5.41) is 3.08. The van der Waals surface area contributed by atoms with E-state index >= 15 is 0 Å². The number of carbonyl (C=O) groups excluding carboxylic acids is 2. The third-order valence-corrected chi connectivity index (χ3v) is 5.71. The Morgan fingerprint density at radius 2 is 1.70 bits per heavy atom. The zero-order chi connectivity index (χ0) is 18.6. The number of aryl methyl sites for hydroxylation is 1. The van der Waals surface area contributed by atoms with Crippen molar-refractivity contribution in [1.82, 2.24) is 0 Å². The van der Waals surface area contributed by atoms with Gasteiger partial charge in [0.2, 0.25) is 5.91 Å². The lowest BCUT2D eigenvalue weighted by molar-refractivity contribution is -0.120. The second kappa shape index (κ2) is 7.95. The summed E-state index contributed by atoms with van der Waals surface area (Å²) in [6, 6.07) is 15.4. The van der Waals surface area contributed by atoms with Gasteiger partial charge in [0.1, 0.15) is 0 Å². The molecular weight excluding hydrogens is 336 g/mol. The first-order valence-electron chi connectivity index (χ1n) is 10.0. The Morgan fingerprint density at radius 1 is 0.926 bits per heavy atom. The quantitative estimate of drug-likeness (QED) is 0.853. The van der Waals surface area contributed by atoms with Gasteiger partial charge in [-0.25, -0.2) is 0 Å². The molecule has 140 valence electrons. The summed E-state index contributed by atoms with van der Waals surface area (Å²) in [6.07, 6.45) is 7.40. The predicted molar refractivity (Wildman–Crippen MR) is 108 cm³/mol. The monoisotopic (exact) mass is 362 g/mol. The van der Waals surface area contributed by atoms with E-state index in [1.807, 2.05) is 47.4 Å². The van der Waals surface area contributed by atoms with Gasteiger partial charge in [-0.05, 0) is 55.5 Å². The summed E-state index contributed by atoms with van der Waals surface area (Å²) in [7, 11) is 0. The van der Waals surface area contributed by atoms with Crippen molar-refractivity contribution in [1.29, 1.82) is 0 Å². The Labute approximate surface area is 160 Å². The third-order valence-electron chi connectivity index (χ3n) is 5.71. The fourth-order valence-electron chi connectivity index (χ4n) is 4.21. The molecule has 1 aliphatic heterocycles. The highest BCUT2D eigenvalue weighted by atomic mass is 16.2. The Bertz CT molecular complexity index is 826. The number of nitrogens with one attached hydrogen (secondary N) is 1. The highest BCUT2D eigenvalue weighted by Crippen LogP contribution is 2.32. The van der Waals surface area contributed by atoms with Crippen LogP contribution >= 0.6 is 0 Å². The molecule has 1 saturated carbocycles. The first-order chi connectivity index (χ1) is 13.2. The maximum Gasteiger partial charge on any atom is 0.258 e. The smallest absolute Gasteiger partial charge is 0.258 e. The van der Waals surface area contributed by atoms with E-state index in [0.717, 1.165) is 49.9 Å². The Morgan fingerprint density at radius 3 is 2.48 bits per heavy atom. The van der Waals surface area contributed by atoms with Gasteiger partial charge in [0.15, 0.2) is 0 Å². The summed E-state index contributed by atoms with van der Waals surface area (Å²) in [6.45, 7) is 0.709. The van der Waals surface area contributed by atoms with Crippen LogP contribution in [0.1, 0.15) is 54.4 Å². The number of rotatable bonds is 3. The molecule has 0 unspecified atom stereocenters. The fraction of sp³-hybridized carbons (Fsp3) is 0.391. The number of hydrogen-bond donors (Lipinski definition) is 1. The summed E-state index contributed by atoms with van der Waals surface area (Å²) >= 11 is 0. The number of fused-ring (bicyclic) bond motifs is 1. The van der Waals surface area contributed by atoms with Gasteiger partial charge in [0, 0.05) is 29.4 Å². The molecule has 2 aliphatic rings. The van der Waals surface area contributed by atoms with E-state index in [9.17, 15) is 9.59 Å². The molecule has 2 amide bonds. The van der Waals surface area contributed by atoms with Crippen molar-refractivity contribution in [2.45, 2.75) is 44.9 Å². The SMILES string of the molecule is O=C(Nc1ccc2c(c1)N(C(=O)c1ccccc1)CCC2)C1CCCCC1. The number of carbonyl (C=O) groups is 2. The van der Waals surface area contributed by atoms with Crippen LogP contribution in [-0.4, -0.2) is 18.4 Å². The first-order valence-corrected chi connectivity index (χ1v) is 10.0. The van der Waals surface area contributed by atoms with E-state index in [2.05, 4.69) is 11.4 Å². The van der Waals surface area contributed by atoms with Crippen molar-refractivity contribution >= 4 is 23.2 Å². The lowest BCUT2D eigenvalue weighted by Crippen LogP contribution is -2.35. The molecule has 0 radical (unpaired) electrons. The summed E-state index contributed by atoms with van der Waals surface area (Å²) < 4.78 is 0. The van der Waals surface area contributed by atoms with Crippen molar-refractivity contribution in [2.24, 2.45) is 5.92 Å². The van der Waals surface area contributed by atoms with Crippen molar-refractivity contribution in [3.63, 3.8) is 0 Å². The topological polar surface area (TPSA) is 49.4 Å². The molecule has 0 bridgehead atoms. The molecule has 0 atom stereocenters.